The number of hydrazone groups is 1. The summed E-state index contributed by atoms with van der Waals surface area (Å²) in [4.78, 5) is 13.2. The number of hydrogen-bond acceptors (Lipinski definition) is 7. The van der Waals surface area contributed by atoms with Gasteiger partial charge in [-0.15, -0.1) is 0 Å². The lowest BCUT2D eigenvalue weighted by molar-refractivity contribution is 0.843. The summed E-state index contributed by atoms with van der Waals surface area (Å²) < 4.78 is 0. The number of nitrogens with zero attached hydrogens (tertiary/aromatic N) is 4. The van der Waals surface area contributed by atoms with Gasteiger partial charge < -0.3 is 5.32 Å². The molecule has 2 heterocycles. The van der Waals surface area contributed by atoms with E-state index < -0.39 is 0 Å². The number of amidine groups is 1. The summed E-state index contributed by atoms with van der Waals surface area (Å²) in [5, 5.41) is 9.38. The van der Waals surface area contributed by atoms with Crippen molar-refractivity contribution < 1.29 is 0 Å². The predicted octanol–water partition coefficient (Wildman–Crippen LogP) is 4.22. The first-order chi connectivity index (χ1) is 12.5. The number of aryl methyl sites for hydroxylation is 2. The van der Waals surface area contributed by atoms with E-state index in [4.69, 9.17) is 0 Å². The normalized spacial score (nSPS) is 17.2. The minimum Gasteiger partial charge on any atom is -0.335 e. The summed E-state index contributed by atoms with van der Waals surface area (Å²) in [6.45, 7) is 8.94. The van der Waals surface area contributed by atoms with Gasteiger partial charge in [0.05, 0.1) is 12.3 Å². The van der Waals surface area contributed by atoms with Crippen molar-refractivity contribution in [2.45, 2.75) is 39.4 Å². The third-order valence-electron chi connectivity index (χ3n) is 4.03. The molecule has 1 aromatic heterocycles. The molecule has 0 bridgehead atoms. The molecule has 1 atom stereocenters. The Labute approximate surface area is 158 Å². The molecule has 2 N–H and O–H groups in total. The van der Waals surface area contributed by atoms with E-state index in [-0.39, 0.29) is 0 Å². The topological polar surface area (TPSA) is 74.6 Å². The van der Waals surface area contributed by atoms with Crippen molar-refractivity contribution in [1.29, 1.82) is 0 Å². The van der Waals surface area contributed by atoms with E-state index in [0.717, 1.165) is 46.5 Å². The molecule has 0 saturated heterocycles. The SMILES string of the molecule is CC[C@H]1CN=C(Nc2ccc(/C(C)=N\Nc3nc(C)cc(C)n3)cc2)S1. The van der Waals surface area contributed by atoms with Gasteiger partial charge in [0.2, 0.25) is 5.95 Å². The zero-order valence-electron chi connectivity index (χ0n) is 15.6. The summed E-state index contributed by atoms with van der Waals surface area (Å²) in [7, 11) is 0. The van der Waals surface area contributed by atoms with Gasteiger partial charge in [0.1, 0.15) is 0 Å². The van der Waals surface area contributed by atoms with Crippen LogP contribution in [0.1, 0.15) is 37.2 Å². The number of anilines is 2. The van der Waals surface area contributed by atoms with Crippen molar-refractivity contribution in [1.82, 2.24) is 9.97 Å². The van der Waals surface area contributed by atoms with Crippen LogP contribution < -0.4 is 10.7 Å². The number of rotatable bonds is 5. The molecule has 6 nitrogen and oxygen atoms in total. The molecule has 136 valence electrons. The maximum Gasteiger partial charge on any atom is 0.243 e. The number of nitrogens with one attached hydrogen (secondary N) is 2. The molecule has 0 spiro atoms. The second-order valence-corrected chi connectivity index (χ2v) is 7.57. The second-order valence-electron chi connectivity index (χ2n) is 6.28. The van der Waals surface area contributed by atoms with Gasteiger partial charge in [-0.05, 0) is 51.0 Å². The molecular formula is C19H24N6S. The van der Waals surface area contributed by atoms with Crippen LogP contribution in [0.25, 0.3) is 0 Å². The van der Waals surface area contributed by atoms with E-state index in [1.807, 2.05) is 62.9 Å². The van der Waals surface area contributed by atoms with Crippen LogP contribution in [0.3, 0.4) is 0 Å². The fourth-order valence-electron chi connectivity index (χ4n) is 2.59. The summed E-state index contributed by atoms with van der Waals surface area (Å²) in [5.74, 6) is 0.516. The first kappa shape index (κ1) is 18.4. The van der Waals surface area contributed by atoms with Crippen LogP contribution in [-0.4, -0.2) is 32.6 Å². The van der Waals surface area contributed by atoms with Gasteiger partial charge in [0.25, 0.3) is 0 Å². The van der Waals surface area contributed by atoms with Crippen molar-refractivity contribution in [2.75, 3.05) is 17.3 Å². The zero-order valence-corrected chi connectivity index (χ0v) is 16.4. The molecule has 1 aliphatic heterocycles. The molecule has 2 aromatic rings. The van der Waals surface area contributed by atoms with Gasteiger partial charge in [-0.1, -0.05) is 30.8 Å². The van der Waals surface area contributed by atoms with E-state index in [2.05, 4.69) is 37.7 Å². The van der Waals surface area contributed by atoms with E-state index >= 15 is 0 Å². The van der Waals surface area contributed by atoms with Gasteiger partial charge in [-0.25, -0.2) is 15.4 Å². The molecule has 1 aromatic carbocycles. The molecule has 3 rings (SSSR count). The number of aliphatic imine (C=N–C) groups is 1. The van der Waals surface area contributed by atoms with E-state index in [0.29, 0.717) is 11.2 Å². The smallest absolute Gasteiger partial charge is 0.243 e. The minimum absolute atomic E-state index is 0.516. The third kappa shape index (κ3) is 4.82. The maximum absolute atomic E-state index is 4.54. The number of hydrogen-bond donors (Lipinski definition) is 2. The van der Waals surface area contributed by atoms with E-state index in [1.54, 1.807) is 0 Å². The van der Waals surface area contributed by atoms with Gasteiger partial charge in [-0.2, -0.15) is 5.10 Å². The van der Waals surface area contributed by atoms with Gasteiger partial charge in [-0.3, -0.25) is 4.99 Å². The maximum atomic E-state index is 4.54. The molecule has 1 aliphatic rings. The van der Waals surface area contributed by atoms with Crippen molar-refractivity contribution in [2.24, 2.45) is 10.1 Å². The molecule has 0 unspecified atom stereocenters. The summed E-state index contributed by atoms with van der Waals surface area (Å²) in [6, 6.07) is 10.1. The van der Waals surface area contributed by atoms with Crippen molar-refractivity contribution >= 4 is 34.3 Å². The van der Waals surface area contributed by atoms with Crippen LogP contribution in [0, 0.1) is 13.8 Å². The van der Waals surface area contributed by atoms with E-state index in [1.165, 1.54) is 0 Å². The molecule has 0 fully saturated rings. The predicted molar refractivity (Wildman–Crippen MR) is 111 cm³/mol. The molecule has 7 heteroatoms. The van der Waals surface area contributed by atoms with Crippen LogP contribution in [0.2, 0.25) is 0 Å². The Balaban J connectivity index is 1.62. The largest absolute Gasteiger partial charge is 0.335 e. The minimum atomic E-state index is 0.516. The lowest BCUT2D eigenvalue weighted by Gasteiger charge is -2.08. The molecular weight excluding hydrogens is 344 g/mol. The first-order valence-corrected chi connectivity index (χ1v) is 9.62. The number of thioether (sulfide) groups is 1. The Morgan fingerprint density at radius 1 is 1.19 bits per heavy atom. The Morgan fingerprint density at radius 2 is 1.88 bits per heavy atom. The second kappa shape index (κ2) is 8.31. The average molecular weight is 369 g/mol. The molecule has 0 aliphatic carbocycles. The van der Waals surface area contributed by atoms with Crippen LogP contribution in [0.4, 0.5) is 11.6 Å². The zero-order chi connectivity index (χ0) is 18.5. The highest BCUT2D eigenvalue weighted by atomic mass is 32.2. The van der Waals surface area contributed by atoms with Crippen molar-refractivity contribution in [3.63, 3.8) is 0 Å². The highest BCUT2D eigenvalue weighted by molar-refractivity contribution is 8.15. The fourth-order valence-corrected chi connectivity index (χ4v) is 3.55. The summed E-state index contributed by atoms with van der Waals surface area (Å²) in [5.41, 5.74) is 7.72. The Bertz CT molecular complexity index is 808. The number of aromatic nitrogens is 2. The molecule has 26 heavy (non-hydrogen) atoms. The molecule has 0 saturated carbocycles. The highest BCUT2D eigenvalue weighted by Crippen LogP contribution is 2.24. The van der Waals surface area contributed by atoms with Gasteiger partial charge in [0, 0.05) is 22.3 Å². The Hall–Kier alpha value is -2.41. The van der Waals surface area contributed by atoms with Crippen LogP contribution >= 0.6 is 11.8 Å². The standard InChI is InChI=1S/C19H24N6S/c1-5-17-11-20-19(26-17)23-16-8-6-15(7-9-16)14(4)24-25-18-21-12(2)10-13(3)22-18/h6-10,17H,5,11H2,1-4H3,(H,20,23)(H,21,22,25)/b24-14-/t17-/m0/s1. The summed E-state index contributed by atoms with van der Waals surface area (Å²) in [6.07, 6.45) is 1.14. The highest BCUT2D eigenvalue weighted by Gasteiger charge is 2.17. The van der Waals surface area contributed by atoms with Gasteiger partial charge >= 0.3 is 0 Å². The van der Waals surface area contributed by atoms with Gasteiger partial charge in [0.15, 0.2) is 5.17 Å². The number of benzene rings is 1. The molecule has 0 radical (unpaired) electrons. The quantitative estimate of drug-likeness (QED) is 0.610. The first-order valence-electron chi connectivity index (χ1n) is 8.74. The third-order valence-corrected chi connectivity index (χ3v) is 5.30. The Kier molecular flexibility index (Phi) is 5.88. The molecule has 0 amide bonds. The van der Waals surface area contributed by atoms with Crippen LogP contribution in [-0.2, 0) is 0 Å². The Morgan fingerprint density at radius 3 is 2.50 bits per heavy atom. The van der Waals surface area contributed by atoms with Crippen molar-refractivity contribution in [3.05, 3.63) is 47.3 Å². The average Bonchev–Trinajstić information content (AvgIpc) is 3.07. The summed E-state index contributed by atoms with van der Waals surface area (Å²) >= 11 is 1.82. The lowest BCUT2D eigenvalue weighted by atomic mass is 10.1. The monoisotopic (exact) mass is 368 g/mol. The van der Waals surface area contributed by atoms with Crippen LogP contribution in [0.5, 0.6) is 0 Å². The lowest BCUT2D eigenvalue weighted by Crippen LogP contribution is -2.07. The van der Waals surface area contributed by atoms with E-state index in [9.17, 15) is 0 Å². The van der Waals surface area contributed by atoms with Crippen molar-refractivity contribution in [3.8, 4) is 0 Å². The van der Waals surface area contributed by atoms with Crippen LogP contribution in [0.15, 0.2) is 40.4 Å². The fraction of sp³-hybridized carbons (Fsp3) is 0.368.